The minimum atomic E-state index is -0.302. The normalized spacial score (nSPS) is 13.6. The van der Waals surface area contributed by atoms with Gasteiger partial charge in [-0.15, -0.1) is 0 Å². The van der Waals surface area contributed by atoms with E-state index in [0.717, 1.165) is 23.9 Å². The van der Waals surface area contributed by atoms with Gasteiger partial charge in [0.05, 0.1) is 21.1 Å². The summed E-state index contributed by atoms with van der Waals surface area (Å²) in [5.74, 6) is -0.555. The topological polar surface area (TPSA) is 52.6 Å². The first-order chi connectivity index (χ1) is 9.53. The fourth-order valence-electron chi connectivity index (χ4n) is 0.973. The molecule has 0 aromatic carbocycles. The monoisotopic (exact) mass is 298 g/mol. The molecule has 1 aliphatic rings. The van der Waals surface area contributed by atoms with E-state index in [1.165, 1.54) is 0 Å². The molecule has 0 radical (unpaired) electrons. The van der Waals surface area contributed by atoms with Crippen LogP contribution in [-0.2, 0) is 19.1 Å². The maximum atomic E-state index is 10.9. The fraction of sp³-hybridized carbons (Fsp3) is 0.625. The van der Waals surface area contributed by atoms with Gasteiger partial charge in [-0.05, 0) is 26.7 Å². The first-order valence-corrected chi connectivity index (χ1v) is 7.02. The van der Waals surface area contributed by atoms with E-state index in [0.29, 0.717) is 17.8 Å². The summed E-state index contributed by atoms with van der Waals surface area (Å²) in [5, 5.41) is 0. The molecule has 0 atom stereocenters. The quantitative estimate of drug-likeness (QED) is 0.428. The number of carbonyl (C=O) groups is 2. The zero-order valence-electron chi connectivity index (χ0n) is 13.9. The minimum Gasteiger partial charge on any atom is -0.459 e. The van der Waals surface area contributed by atoms with Gasteiger partial charge >= 0.3 is 11.9 Å². The Morgan fingerprint density at radius 2 is 1.52 bits per heavy atom. The minimum absolute atomic E-state index is 0.203. The third-order valence-corrected chi connectivity index (χ3v) is 2.49. The van der Waals surface area contributed by atoms with Crippen molar-refractivity contribution in [3.8, 4) is 0 Å². The first kappa shape index (κ1) is 19.4. The molecule has 1 aliphatic carbocycles. The third-order valence-electron chi connectivity index (χ3n) is 2.49. The van der Waals surface area contributed by atoms with Crippen molar-refractivity contribution in [2.24, 2.45) is 0 Å². The van der Waals surface area contributed by atoms with Crippen molar-refractivity contribution in [3.63, 3.8) is 0 Å². The lowest BCUT2D eigenvalue weighted by molar-refractivity contribution is -0.870. The van der Waals surface area contributed by atoms with Gasteiger partial charge in [-0.25, -0.2) is 9.59 Å². The van der Waals surface area contributed by atoms with Crippen LogP contribution in [0.15, 0.2) is 24.3 Å². The molecule has 0 saturated heterocycles. The molecule has 0 aromatic rings. The zero-order valence-corrected chi connectivity index (χ0v) is 13.9. The highest BCUT2D eigenvalue weighted by Crippen LogP contribution is 2.24. The Hall–Kier alpha value is -1.62. The van der Waals surface area contributed by atoms with Gasteiger partial charge in [0.2, 0.25) is 0 Å². The summed E-state index contributed by atoms with van der Waals surface area (Å²) in [4.78, 5) is 21.6. The highest BCUT2D eigenvalue weighted by molar-refractivity contribution is 5.87. The number of hydrogen-bond donors (Lipinski definition) is 0. The Morgan fingerprint density at radius 1 is 1.05 bits per heavy atom. The average molecular weight is 298 g/mol. The summed E-state index contributed by atoms with van der Waals surface area (Å²) in [7, 11) is 6.15. The lowest BCUT2D eigenvalue weighted by Crippen LogP contribution is -2.38. The van der Waals surface area contributed by atoms with E-state index in [-0.39, 0.29) is 18.0 Å². The van der Waals surface area contributed by atoms with Crippen LogP contribution < -0.4 is 0 Å². The number of esters is 2. The molecule has 21 heavy (non-hydrogen) atoms. The Kier molecular flexibility index (Phi) is 7.95. The van der Waals surface area contributed by atoms with Crippen LogP contribution in [0.25, 0.3) is 0 Å². The van der Waals surface area contributed by atoms with E-state index in [1.807, 2.05) is 0 Å². The van der Waals surface area contributed by atoms with Crippen molar-refractivity contribution >= 4 is 11.9 Å². The number of carbonyl (C=O) groups excluding carboxylic acids is 2. The van der Waals surface area contributed by atoms with Crippen LogP contribution in [0.1, 0.15) is 26.7 Å². The maximum Gasteiger partial charge on any atom is 0.333 e. The molecule has 0 heterocycles. The molecule has 5 nitrogen and oxygen atoms in total. The Labute approximate surface area is 127 Å². The molecular weight excluding hydrogens is 270 g/mol. The van der Waals surface area contributed by atoms with Crippen LogP contribution in [0.4, 0.5) is 0 Å². The summed E-state index contributed by atoms with van der Waals surface area (Å²) in [6.07, 6.45) is 2.26. The second-order valence-electron chi connectivity index (χ2n) is 6.32. The van der Waals surface area contributed by atoms with E-state index >= 15 is 0 Å². The van der Waals surface area contributed by atoms with Crippen molar-refractivity contribution in [2.75, 3.05) is 34.3 Å². The Morgan fingerprint density at radius 3 is 1.86 bits per heavy atom. The van der Waals surface area contributed by atoms with E-state index in [1.54, 1.807) is 13.8 Å². The molecule has 1 rings (SSSR count). The molecule has 1 fully saturated rings. The zero-order chi connectivity index (χ0) is 16.6. The van der Waals surface area contributed by atoms with Crippen molar-refractivity contribution in [1.82, 2.24) is 0 Å². The predicted molar refractivity (Wildman–Crippen MR) is 82.6 cm³/mol. The van der Waals surface area contributed by atoms with Crippen LogP contribution in [0.3, 0.4) is 0 Å². The van der Waals surface area contributed by atoms with Gasteiger partial charge in [0.25, 0.3) is 0 Å². The van der Waals surface area contributed by atoms with E-state index in [9.17, 15) is 9.59 Å². The molecule has 0 unspecified atom stereocenters. The Bertz CT molecular complexity index is 403. The maximum absolute atomic E-state index is 10.9. The molecular formula is C16H28NO4+. The molecule has 120 valence electrons. The van der Waals surface area contributed by atoms with Crippen LogP contribution in [0, 0.1) is 0 Å². The predicted octanol–water partition coefficient (Wildman–Crippen LogP) is 2.08. The molecule has 0 aliphatic heterocycles. The largest absolute Gasteiger partial charge is 0.459 e. The molecule has 0 bridgehead atoms. The molecule has 1 saturated carbocycles. The highest BCUT2D eigenvalue weighted by atomic mass is 16.5. The molecule has 0 amide bonds. The number of nitrogens with zero attached hydrogens (tertiary/aromatic N) is 1. The van der Waals surface area contributed by atoms with Gasteiger partial charge in [0.15, 0.2) is 0 Å². The van der Waals surface area contributed by atoms with Crippen LogP contribution >= 0.6 is 0 Å². The molecule has 0 N–H and O–H groups in total. The first-order valence-electron chi connectivity index (χ1n) is 7.02. The standard InChI is InChI=1S/C9H18NO2.C7H10O2/c1-8(2)9(11)12-7-6-10(3,4)5;1-5(2)7(8)9-6-3-4-6/h1,6-7H2,2-5H3;6H,1,3-4H2,2H3/q+1;. The number of ether oxygens (including phenoxy) is 2. The Balaban J connectivity index is 0.000000394. The smallest absolute Gasteiger partial charge is 0.333 e. The second-order valence-corrected chi connectivity index (χ2v) is 6.32. The van der Waals surface area contributed by atoms with Gasteiger partial charge in [-0.3, -0.25) is 0 Å². The van der Waals surface area contributed by atoms with Crippen LogP contribution in [0.5, 0.6) is 0 Å². The van der Waals surface area contributed by atoms with Gasteiger partial charge in [0.1, 0.15) is 19.3 Å². The highest BCUT2D eigenvalue weighted by Gasteiger charge is 2.25. The molecule has 5 heteroatoms. The number of hydrogen-bond acceptors (Lipinski definition) is 4. The van der Waals surface area contributed by atoms with Crippen molar-refractivity contribution in [2.45, 2.75) is 32.8 Å². The summed E-state index contributed by atoms with van der Waals surface area (Å²) in [6, 6.07) is 0. The lowest BCUT2D eigenvalue weighted by Gasteiger charge is -2.23. The fourth-order valence-corrected chi connectivity index (χ4v) is 0.973. The van der Waals surface area contributed by atoms with Crippen molar-refractivity contribution in [1.29, 1.82) is 0 Å². The van der Waals surface area contributed by atoms with E-state index in [2.05, 4.69) is 34.3 Å². The lowest BCUT2D eigenvalue weighted by atomic mass is 10.4. The third kappa shape index (κ3) is 11.9. The number of likely N-dealkylation sites (N-methyl/N-ethyl adjacent to an activating group) is 1. The second kappa shape index (κ2) is 8.62. The summed E-state index contributed by atoms with van der Waals surface area (Å²) < 4.78 is 10.6. The van der Waals surface area contributed by atoms with Crippen molar-refractivity contribution in [3.05, 3.63) is 24.3 Å². The van der Waals surface area contributed by atoms with Crippen molar-refractivity contribution < 1.29 is 23.5 Å². The van der Waals surface area contributed by atoms with E-state index < -0.39 is 0 Å². The van der Waals surface area contributed by atoms with Crippen LogP contribution in [-0.4, -0.2) is 56.8 Å². The summed E-state index contributed by atoms with van der Waals surface area (Å²) in [6.45, 7) is 11.5. The average Bonchev–Trinajstić information content (AvgIpc) is 3.11. The van der Waals surface area contributed by atoms with Gasteiger partial charge in [-0.2, -0.15) is 0 Å². The SMILES string of the molecule is C=C(C)C(=O)OC1CC1.C=C(C)C(=O)OCC[N+](C)(C)C. The van der Waals surface area contributed by atoms with Gasteiger partial charge in [0, 0.05) is 11.1 Å². The van der Waals surface area contributed by atoms with Gasteiger partial charge < -0.3 is 14.0 Å². The summed E-state index contributed by atoms with van der Waals surface area (Å²) >= 11 is 0. The van der Waals surface area contributed by atoms with E-state index in [4.69, 9.17) is 9.47 Å². The summed E-state index contributed by atoms with van der Waals surface area (Å²) in [5.41, 5.74) is 0.943. The van der Waals surface area contributed by atoms with Crippen LogP contribution in [0.2, 0.25) is 0 Å². The number of rotatable bonds is 6. The molecule has 0 aromatic heterocycles. The molecule has 0 spiro atoms. The van der Waals surface area contributed by atoms with Gasteiger partial charge in [-0.1, -0.05) is 13.2 Å². The number of quaternary nitrogens is 1.